The smallest absolute Gasteiger partial charge is 0.421 e. The van der Waals surface area contributed by atoms with Gasteiger partial charge in [-0.05, 0) is 38.7 Å². The molecule has 1 saturated carbocycles. The van der Waals surface area contributed by atoms with Crippen LogP contribution in [0.1, 0.15) is 43.7 Å². The molecule has 0 aromatic carbocycles. The summed E-state index contributed by atoms with van der Waals surface area (Å²) in [7, 11) is 0. The van der Waals surface area contributed by atoms with Crippen molar-refractivity contribution in [2.75, 3.05) is 6.61 Å². The molecule has 154 valence electrons. The molecule has 8 nitrogen and oxygen atoms in total. The molecule has 0 amide bonds. The second-order valence-corrected chi connectivity index (χ2v) is 7.20. The summed E-state index contributed by atoms with van der Waals surface area (Å²) in [5.41, 5.74) is 3.27. The van der Waals surface area contributed by atoms with Gasteiger partial charge in [0, 0.05) is 11.8 Å². The molecule has 1 aliphatic heterocycles. The third-order valence-electron chi connectivity index (χ3n) is 5.02. The van der Waals surface area contributed by atoms with Crippen molar-refractivity contribution in [2.45, 2.75) is 50.4 Å². The number of carboxylic acids is 1. The topological polar surface area (TPSA) is 116 Å². The molecular formula is C17H21F3N4O4. The Morgan fingerprint density at radius 2 is 2.18 bits per heavy atom. The minimum absolute atomic E-state index is 0.0841. The minimum Gasteiger partial charge on any atom is -0.481 e. The van der Waals surface area contributed by atoms with Crippen molar-refractivity contribution in [2.24, 2.45) is 11.0 Å². The average molecular weight is 402 g/mol. The first-order valence-electron chi connectivity index (χ1n) is 8.82. The molecule has 1 aromatic rings. The van der Waals surface area contributed by atoms with Gasteiger partial charge in [-0.2, -0.15) is 18.3 Å². The number of halogens is 3. The first kappa shape index (κ1) is 20.3. The van der Waals surface area contributed by atoms with Crippen LogP contribution in [0.2, 0.25) is 0 Å². The van der Waals surface area contributed by atoms with Crippen molar-refractivity contribution in [1.29, 1.82) is 0 Å². The number of aliphatic carboxylic acids is 1. The number of hydrazone groups is 1. The van der Waals surface area contributed by atoms with Crippen LogP contribution in [0.3, 0.4) is 0 Å². The molecule has 4 N–H and O–H groups in total. The molecule has 1 aromatic heterocycles. The van der Waals surface area contributed by atoms with Crippen molar-refractivity contribution in [3.63, 3.8) is 0 Å². The Kier molecular flexibility index (Phi) is 5.48. The van der Waals surface area contributed by atoms with Gasteiger partial charge in [0.25, 0.3) is 0 Å². The van der Waals surface area contributed by atoms with E-state index in [1.165, 1.54) is 6.20 Å². The number of pyridine rings is 1. The molecule has 11 heteroatoms. The fourth-order valence-electron chi connectivity index (χ4n) is 3.40. The van der Waals surface area contributed by atoms with Crippen molar-refractivity contribution in [3.8, 4) is 5.88 Å². The standard InChI is InChI=1S/C17H21F3N4O4/c1-16(8-25)13(22-24-23-16)10-6-12(17(18,19)20)14(21-7-10)28-11-4-2-3-9(5-11)15(26)27/h6-7,9,11,23-25H,2-5,8H2,1H3,(H,26,27)/t9-,11-,16?/m0/s1. The maximum Gasteiger partial charge on any atom is 0.421 e. The Bertz CT molecular complexity index is 786. The van der Waals surface area contributed by atoms with Crippen LogP contribution in [-0.2, 0) is 11.0 Å². The van der Waals surface area contributed by atoms with Gasteiger partial charge in [-0.1, -0.05) is 0 Å². The number of carbonyl (C=O) groups is 1. The summed E-state index contributed by atoms with van der Waals surface area (Å²) in [6, 6.07) is 0.876. The predicted octanol–water partition coefficient (Wildman–Crippen LogP) is 1.69. The molecular weight excluding hydrogens is 381 g/mol. The number of ether oxygens (including phenoxy) is 1. The van der Waals surface area contributed by atoms with Crippen molar-refractivity contribution in [1.82, 2.24) is 15.9 Å². The number of alkyl halides is 3. The highest BCUT2D eigenvalue weighted by Gasteiger charge is 2.40. The third-order valence-corrected chi connectivity index (χ3v) is 5.02. The minimum atomic E-state index is -4.73. The zero-order valence-corrected chi connectivity index (χ0v) is 15.1. The predicted molar refractivity (Wildman–Crippen MR) is 91.5 cm³/mol. The van der Waals surface area contributed by atoms with Gasteiger partial charge in [0.2, 0.25) is 5.88 Å². The van der Waals surface area contributed by atoms with Crippen LogP contribution in [0, 0.1) is 5.92 Å². The molecule has 2 heterocycles. The van der Waals surface area contributed by atoms with Crippen molar-refractivity contribution >= 4 is 11.7 Å². The number of aliphatic hydroxyl groups excluding tert-OH is 1. The highest BCUT2D eigenvalue weighted by Crippen LogP contribution is 2.38. The van der Waals surface area contributed by atoms with Gasteiger partial charge in [-0.3, -0.25) is 4.79 Å². The summed E-state index contributed by atoms with van der Waals surface area (Å²) >= 11 is 0. The lowest BCUT2D eigenvalue weighted by Gasteiger charge is -2.28. The first-order valence-corrected chi connectivity index (χ1v) is 8.82. The number of carboxylic acid groups (broad SMARTS) is 1. The molecule has 0 saturated heterocycles. The zero-order chi connectivity index (χ0) is 20.5. The Morgan fingerprint density at radius 3 is 2.82 bits per heavy atom. The largest absolute Gasteiger partial charge is 0.481 e. The second kappa shape index (κ2) is 7.55. The van der Waals surface area contributed by atoms with Gasteiger partial charge < -0.3 is 14.9 Å². The fourth-order valence-corrected chi connectivity index (χ4v) is 3.40. The van der Waals surface area contributed by atoms with E-state index in [1.807, 2.05) is 0 Å². The van der Waals surface area contributed by atoms with E-state index in [0.29, 0.717) is 19.3 Å². The van der Waals surface area contributed by atoms with Gasteiger partial charge in [0.1, 0.15) is 17.2 Å². The molecule has 1 unspecified atom stereocenters. The van der Waals surface area contributed by atoms with E-state index in [-0.39, 0.29) is 17.7 Å². The van der Waals surface area contributed by atoms with Gasteiger partial charge in [0.05, 0.1) is 18.2 Å². The average Bonchev–Trinajstić information content (AvgIpc) is 3.04. The number of hydrazine groups is 1. The lowest BCUT2D eigenvalue weighted by Crippen LogP contribution is -2.50. The van der Waals surface area contributed by atoms with Crippen molar-refractivity contribution in [3.05, 3.63) is 23.4 Å². The number of aliphatic hydroxyl groups is 1. The highest BCUT2D eigenvalue weighted by molar-refractivity contribution is 6.07. The Balaban J connectivity index is 1.89. The fraction of sp³-hybridized carbons (Fsp3) is 0.588. The maximum absolute atomic E-state index is 13.6. The molecule has 0 radical (unpaired) electrons. The van der Waals surface area contributed by atoms with Gasteiger partial charge in [-0.15, -0.1) is 0 Å². The highest BCUT2D eigenvalue weighted by atomic mass is 19.4. The maximum atomic E-state index is 13.6. The van der Waals surface area contributed by atoms with Gasteiger partial charge in [0.15, 0.2) is 0 Å². The van der Waals surface area contributed by atoms with E-state index in [2.05, 4.69) is 21.0 Å². The quantitative estimate of drug-likeness (QED) is 0.592. The molecule has 0 bridgehead atoms. The number of rotatable bonds is 5. The monoisotopic (exact) mass is 402 g/mol. The van der Waals surface area contributed by atoms with Crippen molar-refractivity contribution < 1.29 is 32.9 Å². The Labute approximate surface area is 158 Å². The number of aromatic nitrogens is 1. The Hall–Kier alpha value is -2.40. The number of hydrogen-bond acceptors (Lipinski definition) is 7. The Morgan fingerprint density at radius 1 is 1.43 bits per heavy atom. The molecule has 28 heavy (non-hydrogen) atoms. The lowest BCUT2D eigenvalue weighted by atomic mass is 9.87. The molecule has 0 spiro atoms. The molecule has 1 aliphatic carbocycles. The second-order valence-electron chi connectivity index (χ2n) is 7.20. The van der Waals surface area contributed by atoms with E-state index in [4.69, 9.17) is 9.84 Å². The van der Waals surface area contributed by atoms with E-state index in [9.17, 15) is 23.1 Å². The summed E-state index contributed by atoms with van der Waals surface area (Å²) in [6.07, 6.45) is -2.54. The summed E-state index contributed by atoms with van der Waals surface area (Å²) in [5, 5.41) is 22.6. The molecule has 3 atom stereocenters. The zero-order valence-electron chi connectivity index (χ0n) is 15.1. The van der Waals surface area contributed by atoms with Gasteiger partial charge in [-0.25, -0.2) is 15.9 Å². The summed E-state index contributed by atoms with van der Waals surface area (Å²) in [6.45, 7) is 1.19. The molecule has 2 aliphatic rings. The van der Waals surface area contributed by atoms with E-state index in [0.717, 1.165) is 6.07 Å². The normalized spacial score (nSPS) is 27.8. The lowest BCUT2D eigenvalue weighted by molar-refractivity contribution is -0.145. The van der Waals surface area contributed by atoms with Crippen LogP contribution in [0.4, 0.5) is 13.2 Å². The molecule has 3 rings (SSSR count). The van der Waals surface area contributed by atoms with Crippen LogP contribution in [-0.4, -0.2) is 45.1 Å². The van der Waals surface area contributed by atoms with Crippen LogP contribution in [0.5, 0.6) is 5.88 Å². The SMILES string of the molecule is CC1(CO)NNN=C1c1cnc(O[C@H]2CCC[C@H](C(=O)O)C2)c(C(F)(F)F)c1. The summed E-state index contributed by atoms with van der Waals surface area (Å²) < 4.78 is 46.3. The van der Waals surface area contributed by atoms with Crippen LogP contribution in [0.25, 0.3) is 0 Å². The van der Waals surface area contributed by atoms with E-state index < -0.39 is 47.8 Å². The van der Waals surface area contributed by atoms with Crippen LogP contribution >= 0.6 is 0 Å². The molecule has 1 fully saturated rings. The number of nitrogens with one attached hydrogen (secondary N) is 2. The number of nitrogens with zero attached hydrogens (tertiary/aromatic N) is 2. The van der Waals surface area contributed by atoms with Crippen LogP contribution < -0.4 is 15.7 Å². The summed E-state index contributed by atoms with van der Waals surface area (Å²) in [5.74, 6) is -2.20. The van der Waals surface area contributed by atoms with E-state index in [1.54, 1.807) is 6.92 Å². The third kappa shape index (κ3) is 4.04. The first-order chi connectivity index (χ1) is 13.1. The summed E-state index contributed by atoms with van der Waals surface area (Å²) in [4.78, 5) is 15.0. The number of hydrogen-bond donors (Lipinski definition) is 4. The van der Waals surface area contributed by atoms with Gasteiger partial charge >= 0.3 is 12.1 Å². The van der Waals surface area contributed by atoms with Crippen LogP contribution in [0.15, 0.2) is 17.4 Å². The van der Waals surface area contributed by atoms with E-state index >= 15 is 0 Å².